The van der Waals surface area contributed by atoms with E-state index in [1.807, 2.05) is 38.2 Å². The Morgan fingerprint density at radius 2 is 2.05 bits per heavy atom. The lowest BCUT2D eigenvalue weighted by molar-refractivity contribution is -0.134. The zero-order valence-electron chi connectivity index (χ0n) is 23.7. The van der Waals surface area contributed by atoms with E-state index in [2.05, 4.69) is 27.4 Å². The fourth-order valence-corrected chi connectivity index (χ4v) is 5.70. The van der Waals surface area contributed by atoms with E-state index in [4.69, 9.17) is 16.3 Å². The Labute approximate surface area is 242 Å². The van der Waals surface area contributed by atoms with Gasteiger partial charge in [-0.3, -0.25) is 14.7 Å². The van der Waals surface area contributed by atoms with Gasteiger partial charge < -0.3 is 25.4 Å². The number of carbonyl (C=O) groups is 2. The van der Waals surface area contributed by atoms with Crippen molar-refractivity contribution in [2.45, 2.75) is 77.1 Å². The average Bonchev–Trinajstić information content (AvgIpc) is 2.97. The van der Waals surface area contributed by atoms with E-state index in [1.54, 1.807) is 17.3 Å². The number of aromatic nitrogens is 1. The zero-order valence-corrected chi connectivity index (χ0v) is 24.5. The van der Waals surface area contributed by atoms with Crippen LogP contribution in [0.3, 0.4) is 0 Å². The van der Waals surface area contributed by atoms with Gasteiger partial charge in [0.05, 0.1) is 24.1 Å². The van der Waals surface area contributed by atoms with Gasteiger partial charge in [-0.05, 0) is 56.6 Å². The van der Waals surface area contributed by atoms with Crippen LogP contribution in [0.2, 0.25) is 5.02 Å². The van der Waals surface area contributed by atoms with Gasteiger partial charge >= 0.3 is 6.03 Å². The Kier molecular flexibility index (Phi) is 10.6. The first-order chi connectivity index (χ1) is 19.2. The van der Waals surface area contributed by atoms with Crippen LogP contribution in [0.15, 0.2) is 36.7 Å². The van der Waals surface area contributed by atoms with Gasteiger partial charge in [-0.2, -0.15) is 0 Å². The van der Waals surface area contributed by atoms with Crippen LogP contribution in [0, 0.1) is 5.92 Å². The Bertz CT molecular complexity index is 1160. The van der Waals surface area contributed by atoms with Crippen LogP contribution in [-0.2, 0) is 17.8 Å². The minimum absolute atomic E-state index is 0.0154. The number of fused-ring (bicyclic) bond motifs is 1. The third-order valence-electron chi connectivity index (χ3n) is 7.90. The summed E-state index contributed by atoms with van der Waals surface area (Å²) in [5.74, 6) is 0.523. The third kappa shape index (κ3) is 8.08. The van der Waals surface area contributed by atoms with Crippen LogP contribution >= 0.6 is 11.6 Å². The molecule has 2 heterocycles. The summed E-state index contributed by atoms with van der Waals surface area (Å²) in [5.41, 5.74) is 2.29. The topological polar surface area (TPSA) is 107 Å². The van der Waals surface area contributed by atoms with Crippen molar-refractivity contribution in [2.24, 2.45) is 5.92 Å². The van der Waals surface area contributed by atoms with Crippen molar-refractivity contribution in [3.05, 3.63) is 52.8 Å². The number of nitrogens with zero attached hydrogens (tertiary/aromatic N) is 3. The van der Waals surface area contributed by atoms with Crippen LogP contribution in [0.5, 0.6) is 5.75 Å². The smallest absolute Gasteiger partial charge is 0.319 e. The van der Waals surface area contributed by atoms with Gasteiger partial charge in [0.2, 0.25) is 5.91 Å². The molecule has 1 unspecified atom stereocenters. The van der Waals surface area contributed by atoms with Crippen molar-refractivity contribution in [3.63, 3.8) is 0 Å². The Morgan fingerprint density at radius 3 is 2.77 bits per heavy atom. The number of carbonyl (C=O) groups excluding carboxylic acids is 2. The van der Waals surface area contributed by atoms with Crippen molar-refractivity contribution in [3.8, 4) is 5.75 Å². The van der Waals surface area contributed by atoms with Crippen LogP contribution in [0.1, 0.15) is 57.1 Å². The molecule has 218 valence electrons. The molecule has 4 rings (SSSR count). The summed E-state index contributed by atoms with van der Waals surface area (Å²) in [7, 11) is 2.01. The Morgan fingerprint density at radius 1 is 1.27 bits per heavy atom. The molecular formula is C30H42ClN5O4. The van der Waals surface area contributed by atoms with Gasteiger partial charge in [-0.15, -0.1) is 0 Å². The van der Waals surface area contributed by atoms with E-state index in [0.29, 0.717) is 41.7 Å². The molecule has 2 aromatic rings. The molecule has 0 saturated heterocycles. The molecule has 2 aliphatic rings. The van der Waals surface area contributed by atoms with Crippen molar-refractivity contribution in [2.75, 3.05) is 32.1 Å². The Hall–Kier alpha value is -2.88. The van der Waals surface area contributed by atoms with E-state index < -0.39 is 0 Å². The molecule has 9 nitrogen and oxygen atoms in total. The Balaban J connectivity index is 1.54. The minimum atomic E-state index is -0.326. The molecule has 1 fully saturated rings. The summed E-state index contributed by atoms with van der Waals surface area (Å²) in [6, 6.07) is 7.02. The summed E-state index contributed by atoms with van der Waals surface area (Å²) in [6.45, 7) is 5.47. The standard InChI is InChI=1S/C30H42ClN5O4/c1-20-16-36(21(2)19-37)29(38)14-23-13-25(34-30(39)33-24-7-5-4-6-8-24)9-10-27(23)40-28(20)18-35(3)17-22-11-12-32-15-26(22)31/h9-13,15,20-21,24,28,37H,4-8,14,16-19H2,1-3H3,(H2,33,34,39)/t20-,21?,28+/m1/s1. The highest BCUT2D eigenvalue weighted by molar-refractivity contribution is 6.31. The number of likely N-dealkylation sites (N-methyl/N-ethyl adjacent to an activating group) is 1. The number of benzene rings is 1. The van der Waals surface area contributed by atoms with Crippen molar-refractivity contribution in [1.29, 1.82) is 0 Å². The third-order valence-corrected chi connectivity index (χ3v) is 8.24. The molecule has 3 N–H and O–H groups in total. The number of anilines is 1. The van der Waals surface area contributed by atoms with Gasteiger partial charge in [-0.1, -0.05) is 37.8 Å². The maximum Gasteiger partial charge on any atom is 0.319 e. The summed E-state index contributed by atoms with van der Waals surface area (Å²) < 4.78 is 6.60. The number of hydrogen-bond donors (Lipinski definition) is 3. The van der Waals surface area contributed by atoms with Gasteiger partial charge in [0, 0.05) is 55.2 Å². The summed E-state index contributed by atoms with van der Waals surface area (Å²) in [6.07, 6.45) is 8.73. The molecule has 1 aromatic carbocycles. The quantitative estimate of drug-likeness (QED) is 0.431. The lowest BCUT2D eigenvalue weighted by Crippen LogP contribution is -2.47. The van der Waals surface area contributed by atoms with Crippen LogP contribution in [0.4, 0.5) is 10.5 Å². The van der Waals surface area contributed by atoms with Crippen LogP contribution in [0.25, 0.3) is 0 Å². The van der Waals surface area contributed by atoms with E-state index >= 15 is 0 Å². The van der Waals surface area contributed by atoms with E-state index in [-0.39, 0.29) is 49.1 Å². The van der Waals surface area contributed by atoms with Crippen LogP contribution < -0.4 is 15.4 Å². The lowest BCUT2D eigenvalue weighted by Gasteiger charge is -2.34. The number of halogens is 1. The second-order valence-electron chi connectivity index (χ2n) is 11.3. The maximum atomic E-state index is 13.5. The fourth-order valence-electron chi connectivity index (χ4n) is 5.52. The summed E-state index contributed by atoms with van der Waals surface area (Å²) >= 11 is 6.34. The number of aliphatic hydroxyl groups excluding tert-OH is 1. The first kappa shape index (κ1) is 30.1. The molecule has 3 amide bonds. The van der Waals surface area contributed by atoms with Gasteiger partial charge in [-0.25, -0.2) is 4.79 Å². The average molecular weight is 572 g/mol. The van der Waals surface area contributed by atoms with Crippen molar-refractivity contribution < 1.29 is 19.4 Å². The van der Waals surface area contributed by atoms with E-state index in [0.717, 1.165) is 31.2 Å². The highest BCUT2D eigenvalue weighted by atomic mass is 35.5. The highest BCUT2D eigenvalue weighted by Crippen LogP contribution is 2.30. The predicted octanol–water partition coefficient (Wildman–Crippen LogP) is 4.47. The SMILES string of the molecule is CC(CO)N1C[C@@H](C)[C@H](CN(C)Cc2ccncc2Cl)Oc2ccc(NC(=O)NC3CCCCC3)cc2CC1=O. The van der Waals surface area contributed by atoms with Crippen molar-refractivity contribution in [1.82, 2.24) is 20.1 Å². The molecular weight excluding hydrogens is 530 g/mol. The molecule has 0 radical (unpaired) electrons. The predicted molar refractivity (Wildman–Crippen MR) is 157 cm³/mol. The number of urea groups is 1. The lowest BCUT2D eigenvalue weighted by atomic mass is 9.96. The van der Waals surface area contributed by atoms with Gasteiger partial charge in [0.1, 0.15) is 11.9 Å². The molecule has 40 heavy (non-hydrogen) atoms. The number of hydrogen-bond acceptors (Lipinski definition) is 6. The van der Waals surface area contributed by atoms with E-state index in [9.17, 15) is 14.7 Å². The number of nitrogens with one attached hydrogen (secondary N) is 2. The highest BCUT2D eigenvalue weighted by Gasteiger charge is 2.31. The van der Waals surface area contributed by atoms with Gasteiger partial charge in [0.15, 0.2) is 0 Å². The molecule has 1 aromatic heterocycles. The molecule has 3 atom stereocenters. The number of ether oxygens (including phenoxy) is 1. The summed E-state index contributed by atoms with van der Waals surface area (Å²) in [5, 5.41) is 16.5. The normalized spacial score (nSPS) is 21.1. The fraction of sp³-hybridized carbons (Fsp3) is 0.567. The molecule has 0 bridgehead atoms. The first-order valence-electron chi connectivity index (χ1n) is 14.3. The first-order valence-corrected chi connectivity index (χ1v) is 14.7. The molecule has 1 aliphatic heterocycles. The molecule has 1 aliphatic carbocycles. The van der Waals surface area contributed by atoms with Crippen LogP contribution in [-0.4, -0.2) is 76.8 Å². The maximum absolute atomic E-state index is 13.5. The second kappa shape index (κ2) is 14.1. The molecule has 0 spiro atoms. The number of rotatable bonds is 8. The molecule has 10 heteroatoms. The minimum Gasteiger partial charge on any atom is -0.488 e. The zero-order chi connectivity index (χ0) is 28.6. The number of pyridine rings is 1. The van der Waals surface area contributed by atoms with Crippen molar-refractivity contribution >= 4 is 29.2 Å². The largest absolute Gasteiger partial charge is 0.488 e. The van der Waals surface area contributed by atoms with Gasteiger partial charge in [0.25, 0.3) is 0 Å². The van der Waals surface area contributed by atoms with E-state index in [1.165, 1.54) is 6.42 Å². The second-order valence-corrected chi connectivity index (χ2v) is 11.7. The number of aliphatic hydroxyl groups is 1. The molecule has 1 saturated carbocycles. The summed E-state index contributed by atoms with van der Waals surface area (Å²) in [4.78, 5) is 34.1. The monoisotopic (exact) mass is 571 g/mol. The number of amides is 3.